The summed E-state index contributed by atoms with van der Waals surface area (Å²) < 4.78 is 51.8. The van der Waals surface area contributed by atoms with E-state index in [2.05, 4.69) is 5.32 Å². The fourth-order valence-corrected chi connectivity index (χ4v) is 5.45. The van der Waals surface area contributed by atoms with Crippen LogP contribution in [-0.4, -0.2) is 40.1 Å². The maximum absolute atomic E-state index is 13.2. The van der Waals surface area contributed by atoms with Crippen molar-refractivity contribution in [1.82, 2.24) is 5.32 Å². The molecule has 9 nitrogen and oxygen atoms in total. The van der Waals surface area contributed by atoms with Crippen molar-refractivity contribution in [2.45, 2.75) is 18.8 Å². The van der Waals surface area contributed by atoms with E-state index < -0.39 is 21.7 Å². The van der Waals surface area contributed by atoms with Gasteiger partial charge in [-0.2, -0.15) is 0 Å². The average molecular weight is 552 g/mol. The van der Waals surface area contributed by atoms with Gasteiger partial charge in [-0.25, -0.2) is 12.8 Å². The average Bonchev–Trinajstić information content (AvgIpc) is 3.68. The van der Waals surface area contributed by atoms with E-state index in [1.165, 1.54) is 38.4 Å². The maximum Gasteiger partial charge on any atom is 0.255 e. The largest absolute Gasteiger partial charge is 0.457 e. The molecule has 0 atom stereocenters. The van der Waals surface area contributed by atoms with Crippen molar-refractivity contribution in [2.24, 2.45) is 5.73 Å². The Morgan fingerprint density at radius 2 is 1.69 bits per heavy atom. The number of carbonyl (C=O) groups is 2. The number of hydrogen-bond acceptors (Lipinski definition) is 6. The molecule has 2 amide bonds. The molecule has 202 valence electrons. The molecule has 0 saturated heterocycles. The first-order valence-electron chi connectivity index (χ1n) is 12.2. The van der Waals surface area contributed by atoms with Gasteiger partial charge in [0.15, 0.2) is 0 Å². The van der Waals surface area contributed by atoms with Crippen LogP contribution >= 0.6 is 0 Å². The second-order valence-corrected chi connectivity index (χ2v) is 11.3. The topological polar surface area (TPSA) is 132 Å². The van der Waals surface area contributed by atoms with Gasteiger partial charge in [0.2, 0.25) is 15.9 Å². The van der Waals surface area contributed by atoms with E-state index in [-0.39, 0.29) is 17.6 Å². The molecule has 0 radical (unpaired) electrons. The number of furan rings is 1. The van der Waals surface area contributed by atoms with E-state index in [0.29, 0.717) is 45.0 Å². The molecule has 11 heteroatoms. The Kier molecular flexibility index (Phi) is 6.77. The van der Waals surface area contributed by atoms with Crippen molar-refractivity contribution >= 4 is 38.5 Å². The minimum Gasteiger partial charge on any atom is -0.457 e. The van der Waals surface area contributed by atoms with Gasteiger partial charge in [-0.15, -0.1) is 0 Å². The summed E-state index contributed by atoms with van der Waals surface area (Å²) in [4.78, 5) is 24.4. The lowest BCUT2D eigenvalue weighted by molar-refractivity contribution is -0.115. The molecule has 4 aromatic rings. The van der Waals surface area contributed by atoms with E-state index in [4.69, 9.17) is 14.9 Å². The number of anilines is 1. The summed E-state index contributed by atoms with van der Waals surface area (Å²) in [6.07, 6.45) is 1.75. The monoisotopic (exact) mass is 551 g/mol. The fraction of sp³-hybridized carbons (Fsp3) is 0.214. The molecule has 1 aliphatic carbocycles. The number of benzene rings is 3. The molecular weight excluding hydrogens is 525 g/mol. The number of fused-ring (bicyclic) bond motifs is 1. The van der Waals surface area contributed by atoms with Crippen LogP contribution in [0.3, 0.4) is 0 Å². The molecule has 5 rings (SSSR count). The second kappa shape index (κ2) is 10.1. The molecule has 3 aromatic carbocycles. The number of ether oxygens (including phenoxy) is 1. The number of nitrogens with two attached hydrogens (primary N) is 1. The summed E-state index contributed by atoms with van der Waals surface area (Å²) >= 11 is 0. The standard InChI is InChI=1S/C28H26FN3O6S/c1-31-28(34)26-22-13-21(16-3-4-16)23(32(2)39(35,36)15-25(30)33)14-24(22)38-27(26)17-5-9-19(10-6-17)37-20-11-7-18(29)8-12-20/h5-14,16H,3-4,15H2,1-2H3,(H2,30,33)(H,31,34). The first-order valence-corrected chi connectivity index (χ1v) is 13.8. The smallest absolute Gasteiger partial charge is 0.255 e. The first-order chi connectivity index (χ1) is 18.6. The number of sulfonamides is 1. The number of amides is 2. The predicted octanol–water partition coefficient (Wildman–Crippen LogP) is 4.52. The summed E-state index contributed by atoms with van der Waals surface area (Å²) in [7, 11) is -1.13. The molecule has 39 heavy (non-hydrogen) atoms. The predicted molar refractivity (Wildman–Crippen MR) is 145 cm³/mol. The third-order valence-corrected chi connectivity index (χ3v) is 8.24. The molecule has 1 aromatic heterocycles. The van der Waals surface area contributed by atoms with Crippen LogP contribution in [0.2, 0.25) is 0 Å². The highest BCUT2D eigenvalue weighted by atomic mass is 32.2. The lowest BCUT2D eigenvalue weighted by Crippen LogP contribution is -2.35. The van der Waals surface area contributed by atoms with Gasteiger partial charge in [-0.1, -0.05) is 0 Å². The van der Waals surface area contributed by atoms with Gasteiger partial charge in [0.25, 0.3) is 5.91 Å². The quantitative estimate of drug-likeness (QED) is 0.314. The highest BCUT2D eigenvalue weighted by molar-refractivity contribution is 7.93. The zero-order valence-corrected chi connectivity index (χ0v) is 22.0. The van der Waals surface area contributed by atoms with Gasteiger partial charge in [0, 0.05) is 31.1 Å². The zero-order chi connectivity index (χ0) is 27.9. The third-order valence-electron chi connectivity index (χ3n) is 6.56. The Morgan fingerprint density at radius 1 is 1.08 bits per heavy atom. The van der Waals surface area contributed by atoms with Crippen molar-refractivity contribution < 1.29 is 31.6 Å². The molecular formula is C28H26FN3O6S. The van der Waals surface area contributed by atoms with Gasteiger partial charge < -0.3 is 20.2 Å². The molecule has 1 heterocycles. The van der Waals surface area contributed by atoms with Gasteiger partial charge in [0.05, 0.1) is 11.3 Å². The lowest BCUT2D eigenvalue weighted by atomic mass is 10.0. The van der Waals surface area contributed by atoms with Gasteiger partial charge in [0.1, 0.15) is 34.4 Å². The van der Waals surface area contributed by atoms with Crippen molar-refractivity contribution in [3.63, 3.8) is 0 Å². The Bertz CT molecular complexity index is 1680. The Balaban J connectivity index is 1.58. The fourth-order valence-electron chi connectivity index (χ4n) is 4.44. The third kappa shape index (κ3) is 5.30. The second-order valence-electron chi connectivity index (χ2n) is 9.34. The minimum absolute atomic E-state index is 0.120. The Labute approximate surface area is 224 Å². The van der Waals surface area contributed by atoms with Crippen LogP contribution in [0, 0.1) is 5.82 Å². The van der Waals surface area contributed by atoms with Crippen LogP contribution in [-0.2, 0) is 14.8 Å². The van der Waals surface area contributed by atoms with Crippen LogP contribution in [0.1, 0.15) is 34.7 Å². The van der Waals surface area contributed by atoms with Crippen LogP contribution in [0.15, 0.2) is 65.1 Å². The van der Waals surface area contributed by atoms with Gasteiger partial charge in [-0.3, -0.25) is 13.9 Å². The SMILES string of the molecule is CNC(=O)c1c(-c2ccc(Oc3ccc(F)cc3)cc2)oc2cc(N(C)S(=O)(=O)CC(N)=O)c(C3CC3)cc12. The number of primary amides is 1. The molecule has 1 fully saturated rings. The van der Waals surface area contributed by atoms with E-state index in [1.54, 1.807) is 36.4 Å². The van der Waals surface area contributed by atoms with Gasteiger partial charge >= 0.3 is 0 Å². The first kappa shape index (κ1) is 26.2. The molecule has 1 aliphatic rings. The highest BCUT2D eigenvalue weighted by Gasteiger charge is 2.33. The summed E-state index contributed by atoms with van der Waals surface area (Å²) in [6, 6.07) is 15.9. The highest BCUT2D eigenvalue weighted by Crippen LogP contribution is 2.48. The minimum atomic E-state index is -4.02. The number of carbonyl (C=O) groups excluding carboxylic acids is 2. The van der Waals surface area contributed by atoms with E-state index in [0.717, 1.165) is 22.7 Å². The Hall–Kier alpha value is -4.38. The Morgan fingerprint density at radius 3 is 2.26 bits per heavy atom. The van der Waals surface area contributed by atoms with E-state index in [1.807, 2.05) is 0 Å². The summed E-state index contributed by atoms with van der Waals surface area (Å²) in [5, 5.41) is 3.20. The lowest BCUT2D eigenvalue weighted by Gasteiger charge is -2.22. The number of nitrogens with zero attached hydrogens (tertiary/aromatic N) is 1. The van der Waals surface area contributed by atoms with Crippen molar-refractivity contribution in [1.29, 1.82) is 0 Å². The number of hydrogen-bond donors (Lipinski definition) is 2. The molecule has 0 unspecified atom stereocenters. The summed E-state index contributed by atoms with van der Waals surface area (Å²) in [6.45, 7) is 0. The molecule has 0 aliphatic heterocycles. The molecule has 0 spiro atoms. The molecule has 0 bridgehead atoms. The number of halogens is 1. The van der Waals surface area contributed by atoms with Gasteiger partial charge in [-0.05, 0) is 78.9 Å². The van der Waals surface area contributed by atoms with Crippen LogP contribution in [0.25, 0.3) is 22.3 Å². The normalized spacial score (nSPS) is 13.3. The van der Waals surface area contributed by atoms with E-state index >= 15 is 0 Å². The van der Waals surface area contributed by atoms with E-state index in [9.17, 15) is 22.4 Å². The molecule has 1 saturated carbocycles. The van der Waals surface area contributed by atoms with Crippen LogP contribution < -0.4 is 20.1 Å². The van der Waals surface area contributed by atoms with Crippen molar-refractivity contribution in [2.75, 3.05) is 24.2 Å². The van der Waals surface area contributed by atoms with Crippen LogP contribution in [0.4, 0.5) is 10.1 Å². The van der Waals surface area contributed by atoms with Crippen molar-refractivity contribution in [3.8, 4) is 22.8 Å². The summed E-state index contributed by atoms with van der Waals surface area (Å²) in [5.74, 6) is -1.12. The number of nitrogens with one attached hydrogen (secondary N) is 1. The molecule has 3 N–H and O–H groups in total. The maximum atomic E-state index is 13.2. The van der Waals surface area contributed by atoms with Crippen LogP contribution in [0.5, 0.6) is 11.5 Å². The van der Waals surface area contributed by atoms with Crippen molar-refractivity contribution in [3.05, 3.63) is 77.6 Å². The summed E-state index contributed by atoms with van der Waals surface area (Å²) in [5.41, 5.74) is 7.51. The number of rotatable bonds is 9. The zero-order valence-electron chi connectivity index (χ0n) is 21.2.